The standard InChI is InChI=1S/C49H58N8O8S/c1-31-44(40-6-4-3-5-39(40)33-7-8-33)56(21-22-64-31)36-26-49(27-36)16-19-55(20-17-49)35-9-10-41(43(24-35)65-37-23-34-13-18-50-45(34)52-29-37)47(58)54-66(62,63)38-25-42(57(60)61)46(53-30-38)51-28-32-11-14-48(2,59)15-12-32/h3-6,9-10,13,18,23-25,29-33,36,44,59H,7-8,11-12,14-17,19-22,26-28H2,1-2H3,(H,50,52)(H,51,53)(H,54,58)/t31?,32?,44-,48?/m0/s1. The zero-order chi connectivity index (χ0) is 45.8. The van der Waals surface area contributed by atoms with E-state index < -0.39 is 37.0 Å². The Hall–Kier alpha value is -5.62. The maximum Gasteiger partial charge on any atom is 0.312 e. The molecule has 5 fully saturated rings. The van der Waals surface area contributed by atoms with Gasteiger partial charge in [-0.15, -0.1) is 0 Å². The van der Waals surface area contributed by atoms with Crippen molar-refractivity contribution in [3.63, 3.8) is 0 Å². The SMILES string of the molecule is CC1OCCN(C2CC3(CCN(c4ccc(C(=O)NS(=O)(=O)c5cnc(NCC6CCC(C)(O)CC6)c([N+](=O)[O-])c5)c(Oc5cnc6[nH]ccc6c5)c4)CC3)C2)[C@@H]1c1ccccc1C1CC1. The summed E-state index contributed by atoms with van der Waals surface area (Å²) in [5.74, 6) is 0.272. The van der Waals surface area contributed by atoms with Crippen molar-refractivity contribution >= 4 is 44.2 Å². The molecule has 2 aromatic carbocycles. The van der Waals surface area contributed by atoms with Crippen molar-refractivity contribution in [2.45, 2.75) is 113 Å². The van der Waals surface area contributed by atoms with Crippen LogP contribution in [0.2, 0.25) is 0 Å². The lowest BCUT2D eigenvalue weighted by atomic mass is 9.59. The van der Waals surface area contributed by atoms with Crippen LogP contribution in [0.1, 0.15) is 112 Å². The topological polar surface area (TPSA) is 205 Å². The predicted molar refractivity (Wildman–Crippen MR) is 249 cm³/mol. The summed E-state index contributed by atoms with van der Waals surface area (Å²) in [5.41, 5.74) is 3.38. The zero-order valence-electron chi connectivity index (χ0n) is 37.4. The van der Waals surface area contributed by atoms with Crippen LogP contribution in [0.5, 0.6) is 11.5 Å². The molecular formula is C49H58N8O8S. The molecule has 16 nitrogen and oxygen atoms in total. The van der Waals surface area contributed by atoms with Gasteiger partial charge in [-0.05, 0) is 131 Å². The first-order chi connectivity index (χ1) is 31.7. The number of aromatic nitrogens is 3. The molecule has 2 saturated heterocycles. The number of pyridine rings is 2. The Morgan fingerprint density at radius 2 is 1.74 bits per heavy atom. The van der Waals surface area contributed by atoms with E-state index in [-0.39, 0.29) is 40.6 Å². The number of hydrogen-bond donors (Lipinski definition) is 4. The summed E-state index contributed by atoms with van der Waals surface area (Å²) in [4.78, 5) is 41.5. The van der Waals surface area contributed by atoms with Crippen LogP contribution < -0.4 is 19.7 Å². The Morgan fingerprint density at radius 3 is 2.48 bits per heavy atom. The van der Waals surface area contributed by atoms with Crippen LogP contribution in [0, 0.1) is 21.4 Å². The van der Waals surface area contributed by atoms with Crippen molar-refractivity contribution in [1.29, 1.82) is 0 Å². The first kappa shape index (κ1) is 44.2. The van der Waals surface area contributed by atoms with E-state index in [1.165, 1.54) is 30.2 Å². The number of aromatic amines is 1. The quantitative estimate of drug-likeness (QED) is 0.0650. The maximum absolute atomic E-state index is 14.0. The van der Waals surface area contributed by atoms with Gasteiger partial charge in [0.05, 0.1) is 47.2 Å². The molecule has 0 bridgehead atoms. The number of nitrogens with zero attached hydrogens (tertiary/aromatic N) is 5. The molecule has 2 atom stereocenters. The lowest BCUT2D eigenvalue weighted by molar-refractivity contribution is -0.384. The molecule has 3 aromatic heterocycles. The molecule has 348 valence electrons. The highest BCUT2D eigenvalue weighted by Crippen LogP contribution is 2.54. The molecule has 17 heteroatoms. The van der Waals surface area contributed by atoms with Gasteiger partial charge < -0.3 is 29.8 Å². The number of H-pyrrole nitrogens is 1. The number of carbonyl (C=O) groups is 1. The number of fused-ring (bicyclic) bond motifs is 1. The van der Waals surface area contributed by atoms with E-state index in [2.05, 4.69) is 66.0 Å². The second-order valence-corrected chi connectivity index (χ2v) is 21.3. The second-order valence-electron chi connectivity index (χ2n) is 19.6. The number of aliphatic hydroxyl groups is 1. The largest absolute Gasteiger partial charge is 0.455 e. The maximum atomic E-state index is 14.0. The van der Waals surface area contributed by atoms with Crippen molar-refractivity contribution in [3.05, 3.63) is 106 Å². The van der Waals surface area contributed by atoms with E-state index in [4.69, 9.17) is 9.47 Å². The van der Waals surface area contributed by atoms with Gasteiger partial charge in [-0.2, -0.15) is 0 Å². The third-order valence-electron chi connectivity index (χ3n) is 15.0. The Balaban J connectivity index is 0.838. The van der Waals surface area contributed by atoms with Gasteiger partial charge in [-0.25, -0.2) is 23.1 Å². The number of rotatable bonds is 13. The third kappa shape index (κ3) is 9.09. The number of nitro groups is 1. The number of sulfonamides is 1. The zero-order valence-corrected chi connectivity index (χ0v) is 38.3. The summed E-state index contributed by atoms with van der Waals surface area (Å²) in [7, 11) is -4.63. The summed E-state index contributed by atoms with van der Waals surface area (Å²) < 4.78 is 42.2. The molecule has 3 saturated carbocycles. The van der Waals surface area contributed by atoms with Gasteiger partial charge >= 0.3 is 5.69 Å². The molecule has 1 spiro atoms. The predicted octanol–water partition coefficient (Wildman–Crippen LogP) is 8.22. The number of anilines is 2. The average molecular weight is 919 g/mol. The van der Waals surface area contributed by atoms with Crippen LogP contribution in [-0.2, 0) is 14.8 Å². The van der Waals surface area contributed by atoms with Crippen LogP contribution in [0.15, 0.2) is 84.1 Å². The van der Waals surface area contributed by atoms with Gasteiger partial charge in [-0.1, -0.05) is 24.3 Å². The fourth-order valence-corrected chi connectivity index (χ4v) is 11.9. The van der Waals surface area contributed by atoms with E-state index in [9.17, 15) is 28.4 Å². The fraction of sp³-hybridized carbons (Fsp3) is 0.490. The van der Waals surface area contributed by atoms with Crippen LogP contribution in [0.25, 0.3) is 11.0 Å². The number of nitrogens with one attached hydrogen (secondary N) is 3. The Morgan fingerprint density at radius 1 is 0.985 bits per heavy atom. The van der Waals surface area contributed by atoms with E-state index in [1.807, 2.05) is 6.07 Å². The van der Waals surface area contributed by atoms with Crippen LogP contribution >= 0.6 is 0 Å². The fourth-order valence-electron chi connectivity index (χ4n) is 11.0. The third-order valence-corrected chi connectivity index (χ3v) is 16.3. The van der Waals surface area contributed by atoms with Crippen molar-refractivity contribution in [1.82, 2.24) is 24.6 Å². The Labute approximate surface area is 384 Å². The average Bonchev–Trinajstić information content (AvgIpc) is 4.04. The second kappa shape index (κ2) is 17.6. The summed E-state index contributed by atoms with van der Waals surface area (Å²) in [5, 5.41) is 26.2. The van der Waals surface area contributed by atoms with Gasteiger partial charge in [-0.3, -0.25) is 19.8 Å². The molecule has 2 aliphatic heterocycles. The molecule has 5 aromatic rings. The van der Waals surface area contributed by atoms with E-state index in [0.717, 1.165) is 88.1 Å². The van der Waals surface area contributed by atoms with E-state index >= 15 is 0 Å². The normalized spacial score (nSPS) is 24.8. The number of carbonyl (C=O) groups excluding carboxylic acids is 1. The van der Waals surface area contributed by atoms with E-state index in [1.54, 1.807) is 37.4 Å². The number of morpholine rings is 1. The number of amides is 1. The number of piperidine rings is 1. The number of ether oxygens (including phenoxy) is 2. The lowest BCUT2D eigenvalue weighted by Gasteiger charge is -2.58. The summed E-state index contributed by atoms with van der Waals surface area (Å²) >= 11 is 0. The minimum Gasteiger partial charge on any atom is -0.455 e. The van der Waals surface area contributed by atoms with Crippen LogP contribution in [0.3, 0.4) is 0 Å². The monoisotopic (exact) mass is 918 g/mol. The van der Waals surface area contributed by atoms with Crippen LogP contribution in [-0.4, -0.2) is 94.7 Å². The molecule has 4 N–H and O–H groups in total. The van der Waals surface area contributed by atoms with E-state index in [0.29, 0.717) is 42.7 Å². The minimum absolute atomic E-state index is 0.0448. The molecule has 66 heavy (non-hydrogen) atoms. The molecular weight excluding hydrogens is 861 g/mol. The highest BCUT2D eigenvalue weighted by molar-refractivity contribution is 7.90. The Kier molecular flexibility index (Phi) is 11.8. The van der Waals surface area contributed by atoms with Crippen molar-refractivity contribution < 1.29 is 32.7 Å². The molecule has 5 heterocycles. The molecule has 0 radical (unpaired) electrons. The number of hydrogen-bond acceptors (Lipinski definition) is 13. The Bertz CT molecular complexity index is 2730. The van der Waals surface area contributed by atoms with Gasteiger partial charge in [0.15, 0.2) is 0 Å². The first-order valence-electron chi connectivity index (χ1n) is 23.4. The highest BCUT2D eigenvalue weighted by Gasteiger charge is 2.51. The number of benzene rings is 2. The lowest BCUT2D eigenvalue weighted by Crippen LogP contribution is -2.59. The minimum atomic E-state index is -4.63. The summed E-state index contributed by atoms with van der Waals surface area (Å²) in [6.45, 7) is 7.72. The van der Waals surface area contributed by atoms with Crippen LogP contribution in [0.4, 0.5) is 17.2 Å². The molecule has 3 aliphatic carbocycles. The highest BCUT2D eigenvalue weighted by atomic mass is 32.2. The summed E-state index contributed by atoms with van der Waals surface area (Å²) in [6.07, 6.45) is 14.0. The van der Waals surface area contributed by atoms with Gasteiger partial charge in [0.2, 0.25) is 5.82 Å². The molecule has 1 unspecified atom stereocenters. The van der Waals surface area contributed by atoms with Crippen molar-refractivity contribution in [2.24, 2.45) is 11.3 Å². The first-order valence-corrected chi connectivity index (χ1v) is 24.9. The van der Waals surface area contributed by atoms with Crippen molar-refractivity contribution in [2.75, 3.05) is 43.0 Å². The van der Waals surface area contributed by atoms with Crippen molar-refractivity contribution in [3.8, 4) is 11.5 Å². The molecule has 1 amide bonds. The van der Waals surface area contributed by atoms with Gasteiger partial charge in [0.25, 0.3) is 15.9 Å². The molecule has 10 rings (SSSR count). The molecule has 5 aliphatic rings. The summed E-state index contributed by atoms with van der Waals surface area (Å²) in [6, 6.07) is 19.4. The smallest absolute Gasteiger partial charge is 0.312 e. The van der Waals surface area contributed by atoms with Gasteiger partial charge in [0, 0.05) is 61.6 Å². The van der Waals surface area contributed by atoms with Gasteiger partial charge in [0.1, 0.15) is 22.0 Å².